The van der Waals surface area contributed by atoms with E-state index in [4.69, 9.17) is 15.0 Å². The Morgan fingerprint density at radius 2 is 0.797 bits per heavy atom. The fourth-order valence-electron chi connectivity index (χ4n) is 8.23. The Hall–Kier alpha value is -7.53. The molecule has 2 heterocycles. The molecule has 0 fully saturated rings. The maximum absolute atomic E-state index is 5.42. The van der Waals surface area contributed by atoms with Crippen molar-refractivity contribution >= 4 is 42.3 Å². The monoisotopic (exact) mass is 769 g/mol. The summed E-state index contributed by atoms with van der Waals surface area (Å²) in [6, 6.07) is 75.2. The maximum Gasteiger partial charge on any atom is 0.165 e. The fraction of sp³-hybridized carbons (Fsp3) is 0. The number of hydrogen-bond donors (Lipinski definition) is 0. The molecule has 9 aromatic carbocycles. The Morgan fingerprint density at radius 1 is 0.288 bits per heavy atom. The zero-order valence-electron chi connectivity index (χ0n) is 32.0. The van der Waals surface area contributed by atoms with Gasteiger partial charge in [0.15, 0.2) is 17.5 Å². The quantitative estimate of drug-likeness (QED) is 0.162. The molecule has 0 radical (unpaired) electrons. The standard InChI is InChI=1S/C55H35N3S/c1-3-14-36(15-4-1)41-19-11-20-42(34-41)38-28-30-40(31-29-38)53-56-54(49-26-13-25-48-47-24-9-10-27-50(47)59-52(48)49)58-55(57-53)51-45-23-8-7-18-39(45)32-33-46(51)44-22-12-21-43(35-44)37-16-5-2-6-17-37/h1-35H. The van der Waals surface area contributed by atoms with Crippen molar-refractivity contribution in [1.29, 1.82) is 0 Å². The minimum atomic E-state index is 0.629. The largest absolute Gasteiger partial charge is 0.208 e. The van der Waals surface area contributed by atoms with Crippen LogP contribution >= 0.6 is 11.3 Å². The molecule has 0 aliphatic heterocycles. The zero-order valence-corrected chi connectivity index (χ0v) is 32.8. The normalized spacial score (nSPS) is 11.4. The van der Waals surface area contributed by atoms with E-state index in [9.17, 15) is 0 Å². The molecule has 2 aromatic heterocycles. The van der Waals surface area contributed by atoms with E-state index < -0.39 is 0 Å². The van der Waals surface area contributed by atoms with Gasteiger partial charge in [-0.3, -0.25) is 0 Å². The highest BCUT2D eigenvalue weighted by molar-refractivity contribution is 7.26. The molecular weight excluding hydrogens is 735 g/mol. The number of benzene rings is 9. The van der Waals surface area contributed by atoms with Gasteiger partial charge in [0.2, 0.25) is 0 Å². The third-order valence-corrected chi connectivity index (χ3v) is 12.4. The second-order valence-electron chi connectivity index (χ2n) is 14.8. The van der Waals surface area contributed by atoms with Gasteiger partial charge in [-0.15, -0.1) is 11.3 Å². The molecule has 3 nitrogen and oxygen atoms in total. The Morgan fingerprint density at radius 3 is 1.53 bits per heavy atom. The Labute approximate surface area is 346 Å². The molecule has 0 saturated heterocycles. The van der Waals surface area contributed by atoms with Crippen LogP contribution in [-0.2, 0) is 0 Å². The number of nitrogens with zero attached hydrogens (tertiary/aromatic N) is 3. The van der Waals surface area contributed by atoms with Crippen LogP contribution in [0.2, 0.25) is 0 Å². The van der Waals surface area contributed by atoms with E-state index in [2.05, 4.69) is 212 Å². The average Bonchev–Trinajstić information content (AvgIpc) is 3.71. The van der Waals surface area contributed by atoms with Gasteiger partial charge in [0, 0.05) is 36.9 Å². The van der Waals surface area contributed by atoms with Crippen molar-refractivity contribution in [2.24, 2.45) is 0 Å². The van der Waals surface area contributed by atoms with Gasteiger partial charge in [-0.2, -0.15) is 0 Å². The van der Waals surface area contributed by atoms with E-state index in [1.54, 1.807) is 11.3 Å². The topological polar surface area (TPSA) is 38.7 Å². The highest BCUT2D eigenvalue weighted by Crippen LogP contribution is 2.42. The van der Waals surface area contributed by atoms with Crippen molar-refractivity contribution in [3.8, 4) is 78.7 Å². The molecule has 0 aliphatic rings. The van der Waals surface area contributed by atoms with E-state index in [1.807, 2.05) is 0 Å². The third-order valence-electron chi connectivity index (χ3n) is 11.2. The van der Waals surface area contributed by atoms with E-state index in [0.717, 1.165) is 55.3 Å². The first kappa shape index (κ1) is 34.7. The van der Waals surface area contributed by atoms with E-state index >= 15 is 0 Å². The van der Waals surface area contributed by atoms with Crippen LogP contribution in [0.5, 0.6) is 0 Å². The lowest BCUT2D eigenvalue weighted by Crippen LogP contribution is -2.02. The molecule has 11 rings (SSSR count). The van der Waals surface area contributed by atoms with Crippen molar-refractivity contribution in [2.45, 2.75) is 0 Å². The summed E-state index contributed by atoms with van der Waals surface area (Å²) in [4.78, 5) is 16.1. The van der Waals surface area contributed by atoms with Crippen molar-refractivity contribution in [3.05, 3.63) is 212 Å². The Bertz CT molecular complexity index is 3320. The van der Waals surface area contributed by atoms with Gasteiger partial charge in [0.05, 0.1) is 0 Å². The Kier molecular flexibility index (Phi) is 8.68. The van der Waals surface area contributed by atoms with Crippen LogP contribution in [0.15, 0.2) is 212 Å². The van der Waals surface area contributed by atoms with Crippen LogP contribution in [0.4, 0.5) is 0 Å². The summed E-state index contributed by atoms with van der Waals surface area (Å²) >= 11 is 1.79. The minimum absolute atomic E-state index is 0.629. The van der Waals surface area contributed by atoms with Crippen molar-refractivity contribution in [3.63, 3.8) is 0 Å². The second kappa shape index (κ2) is 14.8. The number of hydrogen-bond acceptors (Lipinski definition) is 4. The predicted molar refractivity (Wildman–Crippen MR) is 248 cm³/mol. The van der Waals surface area contributed by atoms with Crippen molar-refractivity contribution < 1.29 is 0 Å². The first-order valence-corrected chi connectivity index (χ1v) is 20.7. The van der Waals surface area contributed by atoms with Crippen LogP contribution in [0.3, 0.4) is 0 Å². The van der Waals surface area contributed by atoms with Gasteiger partial charge in [0.25, 0.3) is 0 Å². The average molecular weight is 770 g/mol. The number of rotatable bonds is 7. The summed E-state index contributed by atoms with van der Waals surface area (Å²) in [6.45, 7) is 0. The summed E-state index contributed by atoms with van der Waals surface area (Å²) in [5.74, 6) is 1.92. The van der Waals surface area contributed by atoms with Crippen LogP contribution in [-0.4, -0.2) is 15.0 Å². The molecule has 0 saturated carbocycles. The highest BCUT2D eigenvalue weighted by atomic mass is 32.1. The first-order valence-electron chi connectivity index (χ1n) is 19.8. The molecule has 0 aliphatic carbocycles. The van der Waals surface area contributed by atoms with E-state index in [-0.39, 0.29) is 0 Å². The molecule has 0 bridgehead atoms. The van der Waals surface area contributed by atoms with Crippen LogP contribution < -0.4 is 0 Å². The Balaban J connectivity index is 1.11. The van der Waals surface area contributed by atoms with Gasteiger partial charge < -0.3 is 0 Å². The molecule has 0 N–H and O–H groups in total. The summed E-state index contributed by atoms with van der Waals surface area (Å²) in [6.07, 6.45) is 0. The number of aromatic nitrogens is 3. The molecule has 276 valence electrons. The molecule has 4 heteroatoms. The van der Waals surface area contributed by atoms with Gasteiger partial charge >= 0.3 is 0 Å². The zero-order chi connectivity index (χ0) is 39.1. The summed E-state index contributed by atoms with van der Waals surface area (Å²) in [7, 11) is 0. The van der Waals surface area contributed by atoms with Crippen molar-refractivity contribution in [1.82, 2.24) is 15.0 Å². The van der Waals surface area contributed by atoms with Gasteiger partial charge in [0.1, 0.15) is 0 Å². The van der Waals surface area contributed by atoms with Gasteiger partial charge in [-0.25, -0.2) is 15.0 Å². The van der Waals surface area contributed by atoms with Gasteiger partial charge in [-0.1, -0.05) is 188 Å². The maximum atomic E-state index is 5.42. The third kappa shape index (κ3) is 6.46. The second-order valence-corrected chi connectivity index (χ2v) is 15.8. The first-order chi connectivity index (χ1) is 29.2. The minimum Gasteiger partial charge on any atom is -0.208 e. The van der Waals surface area contributed by atoms with E-state index in [1.165, 1.54) is 36.9 Å². The molecule has 59 heavy (non-hydrogen) atoms. The van der Waals surface area contributed by atoms with Crippen LogP contribution in [0.25, 0.3) is 110 Å². The lowest BCUT2D eigenvalue weighted by molar-refractivity contribution is 1.08. The molecule has 0 spiro atoms. The molecule has 0 amide bonds. The van der Waals surface area contributed by atoms with Crippen LogP contribution in [0.1, 0.15) is 0 Å². The van der Waals surface area contributed by atoms with Crippen LogP contribution in [0, 0.1) is 0 Å². The molecule has 11 aromatic rings. The fourth-order valence-corrected chi connectivity index (χ4v) is 9.44. The lowest BCUT2D eigenvalue weighted by Gasteiger charge is -2.16. The summed E-state index contributed by atoms with van der Waals surface area (Å²) in [5.41, 5.74) is 12.1. The smallest absolute Gasteiger partial charge is 0.165 e. The van der Waals surface area contributed by atoms with E-state index in [0.29, 0.717) is 17.5 Å². The lowest BCUT2D eigenvalue weighted by atomic mass is 9.92. The number of fused-ring (bicyclic) bond motifs is 4. The number of thiophene rings is 1. The van der Waals surface area contributed by atoms with Gasteiger partial charge in [-0.05, 0) is 79.5 Å². The molecule has 0 atom stereocenters. The predicted octanol–water partition coefficient (Wildman–Crippen LogP) is 15.1. The molecular formula is C55H35N3S. The molecule has 0 unspecified atom stereocenters. The van der Waals surface area contributed by atoms with Crippen molar-refractivity contribution in [2.75, 3.05) is 0 Å². The summed E-state index contributed by atoms with van der Waals surface area (Å²) in [5, 5.41) is 4.66. The highest BCUT2D eigenvalue weighted by Gasteiger charge is 2.21. The summed E-state index contributed by atoms with van der Waals surface area (Å²) < 4.78 is 2.41. The SMILES string of the molecule is c1ccc(-c2cccc(-c3ccc(-c4nc(-c5c(-c6cccc(-c7ccccc7)c6)ccc6ccccc56)nc(-c5cccc6c5sc5ccccc56)n4)cc3)c2)cc1.